The monoisotopic (exact) mass is 187 g/mol. The van der Waals surface area contributed by atoms with Gasteiger partial charge in [0.2, 0.25) is 0 Å². The lowest BCUT2D eigenvalue weighted by Crippen LogP contribution is -2.56. The van der Waals surface area contributed by atoms with Gasteiger partial charge in [0.25, 0.3) is 0 Å². The van der Waals surface area contributed by atoms with Crippen LogP contribution in [0.25, 0.3) is 0 Å². The fourth-order valence-electron chi connectivity index (χ4n) is 1.61. The molecule has 2 unspecified atom stereocenters. The zero-order chi connectivity index (χ0) is 9.19. The molecule has 0 aromatic heterocycles. The molecule has 1 saturated heterocycles. The summed E-state index contributed by atoms with van der Waals surface area (Å²) in [4.78, 5) is 0. The summed E-state index contributed by atoms with van der Waals surface area (Å²) in [5.74, 6) is 1.29. The van der Waals surface area contributed by atoms with E-state index in [0.29, 0.717) is 10.8 Å². The van der Waals surface area contributed by atoms with Crippen LogP contribution in [-0.2, 0) is 0 Å². The summed E-state index contributed by atoms with van der Waals surface area (Å²) in [7, 11) is 0. The first kappa shape index (κ1) is 10.4. The molecule has 1 fully saturated rings. The SMILES string of the molecule is CCCC(C)NC1CSC1(C)C. The Labute approximate surface area is 80.7 Å². The highest BCUT2D eigenvalue weighted by atomic mass is 32.2. The highest BCUT2D eigenvalue weighted by Crippen LogP contribution is 2.40. The molecule has 0 aliphatic carbocycles. The van der Waals surface area contributed by atoms with E-state index in [0.717, 1.165) is 6.04 Å². The van der Waals surface area contributed by atoms with Crippen molar-refractivity contribution in [3.05, 3.63) is 0 Å². The summed E-state index contributed by atoms with van der Waals surface area (Å²) in [5, 5.41) is 3.69. The molecule has 0 bridgehead atoms. The molecular weight excluding hydrogens is 166 g/mol. The second-order valence-corrected chi connectivity index (χ2v) is 6.00. The van der Waals surface area contributed by atoms with E-state index in [-0.39, 0.29) is 0 Å². The van der Waals surface area contributed by atoms with Crippen LogP contribution in [0, 0.1) is 0 Å². The first-order valence-electron chi connectivity index (χ1n) is 4.96. The number of nitrogens with one attached hydrogen (secondary N) is 1. The van der Waals surface area contributed by atoms with Crippen LogP contribution < -0.4 is 5.32 Å². The van der Waals surface area contributed by atoms with Gasteiger partial charge in [0.05, 0.1) is 0 Å². The maximum absolute atomic E-state index is 3.69. The summed E-state index contributed by atoms with van der Waals surface area (Å²) in [6.07, 6.45) is 2.59. The molecule has 1 nitrogen and oxygen atoms in total. The van der Waals surface area contributed by atoms with Crippen molar-refractivity contribution in [3.8, 4) is 0 Å². The maximum atomic E-state index is 3.69. The highest BCUT2D eigenvalue weighted by molar-refractivity contribution is 8.02. The third kappa shape index (κ3) is 2.40. The number of hydrogen-bond acceptors (Lipinski definition) is 2. The molecule has 1 heterocycles. The Kier molecular flexibility index (Phi) is 3.47. The predicted molar refractivity (Wildman–Crippen MR) is 57.8 cm³/mol. The van der Waals surface area contributed by atoms with Gasteiger partial charge >= 0.3 is 0 Å². The summed E-state index contributed by atoms with van der Waals surface area (Å²) < 4.78 is 0.474. The zero-order valence-electron chi connectivity index (χ0n) is 8.68. The molecule has 0 saturated carbocycles. The summed E-state index contributed by atoms with van der Waals surface area (Å²) in [5.41, 5.74) is 0. The number of thioether (sulfide) groups is 1. The molecule has 1 aliphatic rings. The normalized spacial score (nSPS) is 29.5. The van der Waals surface area contributed by atoms with Crippen molar-refractivity contribution >= 4 is 11.8 Å². The molecular formula is C10H21NS. The molecule has 1 N–H and O–H groups in total. The van der Waals surface area contributed by atoms with Crippen LogP contribution >= 0.6 is 11.8 Å². The standard InChI is InChI=1S/C10H21NS/c1-5-6-8(2)11-9-7-12-10(9,3)4/h8-9,11H,5-7H2,1-4H3. The summed E-state index contributed by atoms with van der Waals surface area (Å²) >= 11 is 2.07. The summed E-state index contributed by atoms with van der Waals surface area (Å²) in [6, 6.07) is 1.43. The minimum atomic E-state index is 0.474. The van der Waals surface area contributed by atoms with E-state index in [1.807, 2.05) is 0 Å². The molecule has 2 atom stereocenters. The van der Waals surface area contributed by atoms with E-state index >= 15 is 0 Å². The van der Waals surface area contributed by atoms with E-state index in [2.05, 4.69) is 44.8 Å². The third-order valence-corrected chi connectivity index (χ3v) is 4.20. The molecule has 1 aliphatic heterocycles. The smallest absolute Gasteiger partial charge is 0.0302 e. The van der Waals surface area contributed by atoms with Crippen LogP contribution in [0.15, 0.2) is 0 Å². The van der Waals surface area contributed by atoms with Crippen molar-refractivity contribution in [2.75, 3.05) is 5.75 Å². The Morgan fingerprint density at radius 1 is 1.58 bits per heavy atom. The van der Waals surface area contributed by atoms with Crippen LogP contribution in [0.1, 0.15) is 40.5 Å². The highest BCUT2D eigenvalue weighted by Gasteiger charge is 2.39. The van der Waals surface area contributed by atoms with Gasteiger partial charge in [-0.05, 0) is 27.2 Å². The number of hydrogen-bond donors (Lipinski definition) is 1. The Balaban J connectivity index is 2.23. The van der Waals surface area contributed by atoms with Crippen molar-refractivity contribution in [3.63, 3.8) is 0 Å². The van der Waals surface area contributed by atoms with Gasteiger partial charge < -0.3 is 5.32 Å². The van der Waals surface area contributed by atoms with Crippen molar-refractivity contribution in [2.45, 2.75) is 57.4 Å². The van der Waals surface area contributed by atoms with Crippen LogP contribution in [0.5, 0.6) is 0 Å². The molecule has 0 aromatic rings. The van der Waals surface area contributed by atoms with Gasteiger partial charge in [0.15, 0.2) is 0 Å². The zero-order valence-corrected chi connectivity index (χ0v) is 9.50. The molecule has 72 valence electrons. The van der Waals surface area contributed by atoms with E-state index < -0.39 is 0 Å². The number of rotatable bonds is 4. The molecule has 0 radical (unpaired) electrons. The average Bonchev–Trinajstić information content (AvgIpc) is 1.99. The molecule has 0 amide bonds. The van der Waals surface area contributed by atoms with Gasteiger partial charge in [0.1, 0.15) is 0 Å². The van der Waals surface area contributed by atoms with Crippen molar-refractivity contribution in [1.29, 1.82) is 0 Å². The van der Waals surface area contributed by atoms with Crippen molar-refractivity contribution < 1.29 is 0 Å². The van der Waals surface area contributed by atoms with E-state index in [4.69, 9.17) is 0 Å². The average molecular weight is 187 g/mol. The second-order valence-electron chi connectivity index (χ2n) is 4.32. The Morgan fingerprint density at radius 3 is 2.58 bits per heavy atom. The van der Waals surface area contributed by atoms with Crippen molar-refractivity contribution in [1.82, 2.24) is 5.32 Å². The van der Waals surface area contributed by atoms with Crippen LogP contribution in [0.3, 0.4) is 0 Å². The molecule has 2 heteroatoms. The van der Waals surface area contributed by atoms with Crippen LogP contribution in [0.4, 0.5) is 0 Å². The third-order valence-electron chi connectivity index (χ3n) is 2.67. The fourth-order valence-corrected chi connectivity index (χ4v) is 2.77. The van der Waals surface area contributed by atoms with Crippen LogP contribution in [-0.4, -0.2) is 22.6 Å². The summed E-state index contributed by atoms with van der Waals surface area (Å²) in [6.45, 7) is 9.20. The maximum Gasteiger partial charge on any atom is 0.0302 e. The fraction of sp³-hybridized carbons (Fsp3) is 1.00. The van der Waals surface area contributed by atoms with Crippen LogP contribution in [0.2, 0.25) is 0 Å². The van der Waals surface area contributed by atoms with E-state index in [1.165, 1.54) is 18.6 Å². The lowest BCUT2D eigenvalue weighted by molar-refractivity contribution is 0.378. The minimum Gasteiger partial charge on any atom is -0.309 e. The van der Waals surface area contributed by atoms with E-state index in [1.54, 1.807) is 0 Å². The van der Waals surface area contributed by atoms with Gasteiger partial charge in [-0.3, -0.25) is 0 Å². The van der Waals surface area contributed by atoms with Gasteiger partial charge in [-0.2, -0.15) is 11.8 Å². The Morgan fingerprint density at radius 2 is 2.25 bits per heavy atom. The molecule has 1 rings (SSSR count). The van der Waals surface area contributed by atoms with Gasteiger partial charge in [-0.1, -0.05) is 13.3 Å². The van der Waals surface area contributed by atoms with Gasteiger partial charge in [0, 0.05) is 22.6 Å². The Hall–Kier alpha value is 0.310. The molecule has 12 heavy (non-hydrogen) atoms. The largest absolute Gasteiger partial charge is 0.309 e. The van der Waals surface area contributed by atoms with Gasteiger partial charge in [-0.25, -0.2) is 0 Å². The lowest BCUT2D eigenvalue weighted by Gasteiger charge is -2.45. The molecule has 0 aromatic carbocycles. The topological polar surface area (TPSA) is 12.0 Å². The van der Waals surface area contributed by atoms with Gasteiger partial charge in [-0.15, -0.1) is 0 Å². The quantitative estimate of drug-likeness (QED) is 0.726. The second kappa shape index (κ2) is 4.01. The first-order chi connectivity index (χ1) is 5.56. The first-order valence-corrected chi connectivity index (χ1v) is 5.95. The lowest BCUT2D eigenvalue weighted by atomic mass is 10.0. The minimum absolute atomic E-state index is 0.474. The van der Waals surface area contributed by atoms with E-state index in [9.17, 15) is 0 Å². The molecule has 0 spiro atoms. The van der Waals surface area contributed by atoms with Crippen molar-refractivity contribution in [2.24, 2.45) is 0 Å². The Bertz CT molecular complexity index is 145. The predicted octanol–water partition coefficient (Wildman–Crippen LogP) is 2.66.